The van der Waals surface area contributed by atoms with E-state index in [-0.39, 0.29) is 6.10 Å². The van der Waals surface area contributed by atoms with Gasteiger partial charge in [0.1, 0.15) is 0 Å². The number of hydrogen-bond acceptors (Lipinski definition) is 4. The minimum Gasteiger partial charge on any atom is -0.493 e. The molecule has 0 saturated heterocycles. The molecule has 0 heterocycles. The van der Waals surface area contributed by atoms with Gasteiger partial charge >= 0.3 is 0 Å². The molecule has 0 radical (unpaired) electrons. The van der Waals surface area contributed by atoms with E-state index in [0.29, 0.717) is 6.54 Å². The first kappa shape index (κ1) is 13.8. The van der Waals surface area contributed by atoms with E-state index < -0.39 is 0 Å². The Labute approximate surface area is 103 Å². The highest BCUT2D eigenvalue weighted by atomic mass is 16.5. The fourth-order valence-electron chi connectivity index (χ4n) is 1.58. The fraction of sp³-hybridized carbons (Fsp3) is 0.538. The molecular weight excluding hydrogens is 218 g/mol. The minimum absolute atomic E-state index is 0.305. The summed E-state index contributed by atoms with van der Waals surface area (Å²) >= 11 is 0. The third-order valence-corrected chi connectivity index (χ3v) is 2.48. The lowest BCUT2D eigenvalue weighted by Crippen LogP contribution is -2.26. The van der Waals surface area contributed by atoms with Crippen LogP contribution in [0.15, 0.2) is 18.2 Å². The maximum atomic E-state index is 9.10. The Kier molecular flexibility index (Phi) is 5.80. The van der Waals surface area contributed by atoms with Crippen LogP contribution in [0.2, 0.25) is 0 Å². The Balaban J connectivity index is 2.48. The van der Waals surface area contributed by atoms with Crippen molar-refractivity contribution in [1.82, 2.24) is 5.32 Å². The molecule has 1 aromatic rings. The molecular formula is C13H21NO3. The van der Waals surface area contributed by atoms with Gasteiger partial charge in [0.05, 0.1) is 20.3 Å². The molecule has 0 fully saturated rings. The van der Waals surface area contributed by atoms with Crippen LogP contribution in [0.3, 0.4) is 0 Å². The number of benzene rings is 1. The molecule has 1 atom stereocenters. The molecule has 0 aliphatic carbocycles. The fourth-order valence-corrected chi connectivity index (χ4v) is 1.58. The van der Waals surface area contributed by atoms with Crippen molar-refractivity contribution in [1.29, 1.82) is 0 Å². The van der Waals surface area contributed by atoms with Crippen molar-refractivity contribution >= 4 is 0 Å². The van der Waals surface area contributed by atoms with Crippen LogP contribution in [0.25, 0.3) is 0 Å². The SMILES string of the molecule is COc1ccc(CCNC[C@H](C)O)cc1OC. The number of hydrogen-bond donors (Lipinski definition) is 2. The van der Waals surface area contributed by atoms with Crippen molar-refractivity contribution in [2.45, 2.75) is 19.4 Å². The van der Waals surface area contributed by atoms with Gasteiger partial charge in [-0.25, -0.2) is 0 Å². The standard InChI is InChI=1S/C13H21NO3/c1-10(15)9-14-7-6-11-4-5-12(16-2)13(8-11)17-3/h4-5,8,10,14-15H,6-7,9H2,1-3H3/t10-/m0/s1. The van der Waals surface area contributed by atoms with Gasteiger partial charge in [-0.15, -0.1) is 0 Å². The van der Waals surface area contributed by atoms with Gasteiger partial charge in [-0.1, -0.05) is 6.07 Å². The summed E-state index contributed by atoms with van der Waals surface area (Å²) in [5.41, 5.74) is 1.18. The molecule has 96 valence electrons. The van der Waals surface area contributed by atoms with Crippen LogP contribution >= 0.6 is 0 Å². The zero-order valence-electron chi connectivity index (χ0n) is 10.7. The molecule has 4 heteroatoms. The summed E-state index contributed by atoms with van der Waals surface area (Å²) in [7, 11) is 3.26. The zero-order chi connectivity index (χ0) is 12.7. The molecule has 4 nitrogen and oxygen atoms in total. The first-order valence-electron chi connectivity index (χ1n) is 5.77. The van der Waals surface area contributed by atoms with Gasteiger partial charge in [-0.2, -0.15) is 0 Å². The van der Waals surface area contributed by atoms with E-state index in [4.69, 9.17) is 14.6 Å². The lowest BCUT2D eigenvalue weighted by molar-refractivity contribution is 0.191. The summed E-state index contributed by atoms with van der Waals surface area (Å²) in [4.78, 5) is 0. The predicted octanol–water partition coefficient (Wildman–Crippen LogP) is 1.22. The molecule has 0 spiro atoms. The first-order chi connectivity index (χ1) is 8.17. The van der Waals surface area contributed by atoms with Crippen molar-refractivity contribution < 1.29 is 14.6 Å². The third kappa shape index (κ3) is 4.63. The molecule has 0 aromatic heterocycles. The molecule has 0 aliphatic heterocycles. The van der Waals surface area contributed by atoms with E-state index >= 15 is 0 Å². The van der Waals surface area contributed by atoms with E-state index in [9.17, 15) is 0 Å². The Hall–Kier alpha value is -1.26. The van der Waals surface area contributed by atoms with Gasteiger partial charge in [0.15, 0.2) is 11.5 Å². The van der Waals surface area contributed by atoms with E-state index in [1.165, 1.54) is 5.56 Å². The molecule has 0 saturated carbocycles. The number of rotatable bonds is 7. The van der Waals surface area contributed by atoms with Crippen LogP contribution in [-0.4, -0.2) is 38.5 Å². The lowest BCUT2D eigenvalue weighted by atomic mass is 10.1. The van der Waals surface area contributed by atoms with Gasteiger partial charge in [0, 0.05) is 6.54 Å². The van der Waals surface area contributed by atoms with Crippen LogP contribution in [0.1, 0.15) is 12.5 Å². The normalized spacial score (nSPS) is 12.2. The Bertz CT molecular complexity index is 339. The molecule has 0 unspecified atom stereocenters. The van der Waals surface area contributed by atoms with Crippen molar-refractivity contribution in [3.8, 4) is 11.5 Å². The molecule has 0 bridgehead atoms. The van der Waals surface area contributed by atoms with Crippen LogP contribution in [0.4, 0.5) is 0 Å². The largest absolute Gasteiger partial charge is 0.493 e. The third-order valence-electron chi connectivity index (χ3n) is 2.48. The minimum atomic E-state index is -0.305. The number of aliphatic hydroxyl groups excluding tert-OH is 1. The highest BCUT2D eigenvalue weighted by Gasteiger charge is 2.04. The second-order valence-corrected chi connectivity index (χ2v) is 3.99. The average Bonchev–Trinajstić information content (AvgIpc) is 2.34. The van der Waals surface area contributed by atoms with E-state index in [1.807, 2.05) is 18.2 Å². The molecule has 0 aliphatic rings. The predicted molar refractivity (Wildman–Crippen MR) is 67.8 cm³/mol. The van der Waals surface area contributed by atoms with Crippen LogP contribution < -0.4 is 14.8 Å². The average molecular weight is 239 g/mol. The summed E-state index contributed by atoms with van der Waals surface area (Å²) in [5.74, 6) is 1.49. The number of aliphatic hydroxyl groups is 1. The van der Waals surface area contributed by atoms with Gasteiger partial charge < -0.3 is 19.9 Å². The zero-order valence-corrected chi connectivity index (χ0v) is 10.7. The highest BCUT2D eigenvalue weighted by molar-refractivity contribution is 5.42. The Morgan fingerprint density at radius 3 is 2.53 bits per heavy atom. The quantitative estimate of drug-likeness (QED) is 0.702. The number of methoxy groups -OCH3 is 2. The maximum Gasteiger partial charge on any atom is 0.160 e. The summed E-state index contributed by atoms with van der Waals surface area (Å²) in [6.07, 6.45) is 0.591. The van der Waals surface area contributed by atoms with Crippen LogP contribution in [-0.2, 0) is 6.42 Å². The summed E-state index contributed by atoms with van der Waals surface area (Å²) < 4.78 is 10.4. The van der Waals surface area contributed by atoms with Crippen molar-refractivity contribution in [2.75, 3.05) is 27.3 Å². The second kappa shape index (κ2) is 7.14. The van der Waals surface area contributed by atoms with Crippen LogP contribution in [0.5, 0.6) is 11.5 Å². The van der Waals surface area contributed by atoms with Gasteiger partial charge in [0.2, 0.25) is 0 Å². The van der Waals surface area contributed by atoms with E-state index in [2.05, 4.69) is 5.32 Å². The summed E-state index contributed by atoms with van der Waals surface area (Å²) in [6, 6.07) is 5.90. The van der Waals surface area contributed by atoms with Crippen LogP contribution in [0, 0.1) is 0 Å². The summed E-state index contributed by atoms with van der Waals surface area (Å²) in [6.45, 7) is 3.22. The maximum absolute atomic E-state index is 9.10. The monoisotopic (exact) mass is 239 g/mol. The lowest BCUT2D eigenvalue weighted by Gasteiger charge is -2.10. The molecule has 17 heavy (non-hydrogen) atoms. The molecule has 2 N–H and O–H groups in total. The summed E-state index contributed by atoms with van der Waals surface area (Å²) in [5, 5.41) is 12.3. The van der Waals surface area contributed by atoms with Crippen molar-refractivity contribution in [3.63, 3.8) is 0 Å². The second-order valence-electron chi connectivity index (χ2n) is 3.99. The van der Waals surface area contributed by atoms with Crippen molar-refractivity contribution in [3.05, 3.63) is 23.8 Å². The van der Waals surface area contributed by atoms with Gasteiger partial charge in [-0.05, 0) is 37.6 Å². The molecule has 1 rings (SSSR count). The Morgan fingerprint density at radius 1 is 1.24 bits per heavy atom. The first-order valence-corrected chi connectivity index (χ1v) is 5.77. The number of ether oxygens (including phenoxy) is 2. The topological polar surface area (TPSA) is 50.7 Å². The van der Waals surface area contributed by atoms with E-state index in [0.717, 1.165) is 24.5 Å². The van der Waals surface area contributed by atoms with Crippen molar-refractivity contribution in [2.24, 2.45) is 0 Å². The van der Waals surface area contributed by atoms with E-state index in [1.54, 1.807) is 21.1 Å². The van der Waals surface area contributed by atoms with Gasteiger partial charge in [0.25, 0.3) is 0 Å². The number of nitrogens with one attached hydrogen (secondary N) is 1. The highest BCUT2D eigenvalue weighted by Crippen LogP contribution is 2.27. The smallest absolute Gasteiger partial charge is 0.160 e. The Morgan fingerprint density at radius 2 is 1.94 bits per heavy atom. The molecule has 1 aromatic carbocycles. The molecule has 0 amide bonds. The van der Waals surface area contributed by atoms with Gasteiger partial charge in [-0.3, -0.25) is 0 Å².